The average Bonchev–Trinajstić information content (AvgIpc) is 3.53. The molecule has 2 fully saturated rings. The Bertz CT molecular complexity index is 1010. The normalized spacial score (nSPS) is 16.9. The summed E-state index contributed by atoms with van der Waals surface area (Å²) in [6, 6.07) is 8.79. The van der Waals surface area contributed by atoms with Crippen LogP contribution in [0.3, 0.4) is 0 Å². The molecule has 1 aromatic heterocycles. The van der Waals surface area contributed by atoms with Crippen molar-refractivity contribution in [1.29, 1.82) is 0 Å². The lowest BCUT2D eigenvalue weighted by Gasteiger charge is -2.39. The van der Waals surface area contributed by atoms with E-state index in [2.05, 4.69) is 15.5 Å². The number of nitrogens with zero attached hydrogens (tertiary/aromatic N) is 2. The molecule has 2 amide bonds. The summed E-state index contributed by atoms with van der Waals surface area (Å²) < 4.78 is 15.7. The smallest absolute Gasteiger partial charge is 0.287 e. The van der Waals surface area contributed by atoms with Gasteiger partial charge in [-0.25, -0.2) is 0 Å². The Morgan fingerprint density at radius 2 is 1.71 bits per heavy atom. The SMILES string of the molecule is COc1cc(NC(=S)N2CCC3(CCN(C(=O)CNC(=O)c4ccco4)CC3)C2)cc(OC)c1. The predicted octanol–water partition coefficient (Wildman–Crippen LogP) is 2.74. The van der Waals surface area contributed by atoms with Crippen LogP contribution in [0.25, 0.3) is 0 Å². The van der Waals surface area contributed by atoms with Crippen molar-refractivity contribution in [2.45, 2.75) is 19.3 Å². The Hall–Kier alpha value is -3.27. The second kappa shape index (κ2) is 10.3. The van der Waals surface area contributed by atoms with Gasteiger partial charge in [0, 0.05) is 50.1 Å². The number of likely N-dealkylation sites (tertiary alicyclic amines) is 2. The Morgan fingerprint density at radius 1 is 1.06 bits per heavy atom. The number of rotatable bonds is 6. The molecule has 10 heteroatoms. The van der Waals surface area contributed by atoms with Crippen molar-refractivity contribution in [2.24, 2.45) is 5.41 Å². The van der Waals surface area contributed by atoms with Crippen molar-refractivity contribution in [2.75, 3.05) is 52.3 Å². The first-order chi connectivity index (χ1) is 16.4. The fourth-order valence-electron chi connectivity index (χ4n) is 4.59. The number of carbonyl (C=O) groups excluding carboxylic acids is 2. The Kier molecular flexibility index (Phi) is 7.26. The van der Waals surface area contributed by atoms with Crippen LogP contribution in [-0.2, 0) is 4.79 Å². The van der Waals surface area contributed by atoms with Crippen molar-refractivity contribution < 1.29 is 23.5 Å². The van der Waals surface area contributed by atoms with E-state index < -0.39 is 0 Å². The first-order valence-corrected chi connectivity index (χ1v) is 11.7. The fourth-order valence-corrected chi connectivity index (χ4v) is 4.87. The van der Waals surface area contributed by atoms with E-state index in [4.69, 9.17) is 26.1 Å². The molecular formula is C24H30N4O5S. The highest BCUT2D eigenvalue weighted by atomic mass is 32.1. The summed E-state index contributed by atoms with van der Waals surface area (Å²) in [6.07, 6.45) is 4.29. The number of anilines is 1. The molecular weight excluding hydrogens is 456 g/mol. The molecule has 0 bridgehead atoms. The Balaban J connectivity index is 1.26. The van der Waals surface area contributed by atoms with Crippen LogP contribution in [0.4, 0.5) is 5.69 Å². The highest BCUT2D eigenvalue weighted by molar-refractivity contribution is 7.80. The molecule has 9 nitrogen and oxygen atoms in total. The number of hydrogen-bond acceptors (Lipinski definition) is 6. The van der Waals surface area contributed by atoms with E-state index in [1.54, 1.807) is 26.4 Å². The third-order valence-electron chi connectivity index (χ3n) is 6.65. The van der Waals surface area contributed by atoms with Crippen LogP contribution in [0.15, 0.2) is 41.0 Å². The molecule has 2 aliphatic heterocycles. The highest BCUT2D eigenvalue weighted by Gasteiger charge is 2.42. The van der Waals surface area contributed by atoms with Crippen molar-refractivity contribution in [1.82, 2.24) is 15.1 Å². The number of nitrogens with one attached hydrogen (secondary N) is 2. The van der Waals surface area contributed by atoms with Crippen LogP contribution in [0, 0.1) is 5.41 Å². The van der Waals surface area contributed by atoms with Crippen LogP contribution in [-0.4, -0.2) is 73.7 Å². The molecule has 34 heavy (non-hydrogen) atoms. The average molecular weight is 487 g/mol. The lowest BCUT2D eigenvalue weighted by molar-refractivity contribution is -0.132. The Labute approximate surface area is 204 Å². The molecule has 1 spiro atoms. The summed E-state index contributed by atoms with van der Waals surface area (Å²) in [6.45, 7) is 3.06. The monoisotopic (exact) mass is 486 g/mol. The van der Waals surface area contributed by atoms with E-state index >= 15 is 0 Å². The zero-order valence-corrected chi connectivity index (χ0v) is 20.3. The molecule has 182 valence electrons. The molecule has 3 heterocycles. The van der Waals surface area contributed by atoms with Gasteiger partial charge in [-0.2, -0.15) is 0 Å². The van der Waals surface area contributed by atoms with Crippen LogP contribution >= 0.6 is 12.2 Å². The second-order valence-electron chi connectivity index (χ2n) is 8.74. The third-order valence-corrected chi connectivity index (χ3v) is 7.01. The van der Waals surface area contributed by atoms with Crippen molar-refractivity contribution in [3.05, 3.63) is 42.4 Å². The zero-order valence-electron chi connectivity index (χ0n) is 19.5. The number of hydrogen-bond donors (Lipinski definition) is 2. The van der Waals surface area contributed by atoms with Crippen molar-refractivity contribution in [3.63, 3.8) is 0 Å². The van der Waals surface area contributed by atoms with Crippen LogP contribution < -0.4 is 20.1 Å². The number of ether oxygens (including phenoxy) is 2. The minimum Gasteiger partial charge on any atom is -0.497 e. The lowest BCUT2D eigenvalue weighted by atomic mass is 9.78. The first-order valence-electron chi connectivity index (χ1n) is 11.3. The van der Waals surface area contributed by atoms with E-state index in [1.807, 2.05) is 23.1 Å². The second-order valence-corrected chi connectivity index (χ2v) is 9.13. The minimum absolute atomic E-state index is 0.0311. The summed E-state index contributed by atoms with van der Waals surface area (Å²) in [4.78, 5) is 28.6. The van der Waals surface area contributed by atoms with E-state index in [0.29, 0.717) is 29.7 Å². The van der Waals surface area contributed by atoms with Gasteiger partial charge in [0.15, 0.2) is 10.9 Å². The minimum atomic E-state index is -0.382. The molecule has 0 radical (unpaired) electrons. The first kappa shape index (κ1) is 23.9. The maximum Gasteiger partial charge on any atom is 0.287 e. The molecule has 2 aliphatic rings. The van der Waals surface area contributed by atoms with Gasteiger partial charge in [0.2, 0.25) is 5.91 Å². The van der Waals surface area contributed by atoms with Crippen molar-refractivity contribution in [3.8, 4) is 11.5 Å². The summed E-state index contributed by atoms with van der Waals surface area (Å²) in [7, 11) is 3.23. The van der Waals surface area contributed by atoms with Crippen LogP contribution in [0.5, 0.6) is 11.5 Å². The van der Waals surface area contributed by atoms with Gasteiger partial charge in [-0.1, -0.05) is 0 Å². The molecule has 0 saturated carbocycles. The number of methoxy groups -OCH3 is 2. The van der Waals surface area contributed by atoms with E-state index in [-0.39, 0.29) is 29.5 Å². The summed E-state index contributed by atoms with van der Waals surface area (Å²) >= 11 is 5.69. The number of benzene rings is 1. The summed E-state index contributed by atoms with van der Waals surface area (Å²) in [5, 5.41) is 6.61. The van der Waals surface area contributed by atoms with Gasteiger partial charge in [-0.15, -0.1) is 0 Å². The number of furan rings is 1. The Morgan fingerprint density at radius 3 is 2.29 bits per heavy atom. The molecule has 0 unspecified atom stereocenters. The van der Waals surface area contributed by atoms with E-state index in [0.717, 1.165) is 38.0 Å². The van der Waals surface area contributed by atoms with Gasteiger partial charge < -0.3 is 34.3 Å². The van der Waals surface area contributed by atoms with Gasteiger partial charge in [0.05, 0.1) is 27.0 Å². The van der Waals surface area contributed by atoms with Crippen LogP contribution in [0.2, 0.25) is 0 Å². The van der Waals surface area contributed by atoms with Gasteiger partial charge in [-0.05, 0) is 49.0 Å². The quantitative estimate of drug-likeness (QED) is 0.602. The van der Waals surface area contributed by atoms with Gasteiger partial charge in [0.1, 0.15) is 11.5 Å². The topological polar surface area (TPSA) is 96.3 Å². The van der Waals surface area contributed by atoms with Gasteiger partial charge >= 0.3 is 0 Å². The van der Waals surface area contributed by atoms with Crippen LogP contribution in [0.1, 0.15) is 29.8 Å². The predicted molar refractivity (Wildman–Crippen MR) is 131 cm³/mol. The van der Waals surface area contributed by atoms with E-state index in [9.17, 15) is 9.59 Å². The van der Waals surface area contributed by atoms with E-state index in [1.165, 1.54) is 6.26 Å². The molecule has 0 atom stereocenters. The fraction of sp³-hybridized carbons (Fsp3) is 0.458. The maximum absolute atomic E-state index is 12.6. The molecule has 2 N–H and O–H groups in total. The maximum atomic E-state index is 12.6. The molecule has 1 aromatic carbocycles. The zero-order chi connectivity index (χ0) is 24.1. The lowest BCUT2D eigenvalue weighted by Crippen LogP contribution is -2.47. The number of carbonyl (C=O) groups is 2. The van der Waals surface area contributed by atoms with Gasteiger partial charge in [0.25, 0.3) is 5.91 Å². The number of amides is 2. The van der Waals surface area contributed by atoms with Crippen molar-refractivity contribution >= 4 is 34.8 Å². The summed E-state index contributed by atoms with van der Waals surface area (Å²) in [5.74, 6) is 1.13. The highest BCUT2D eigenvalue weighted by Crippen LogP contribution is 2.40. The molecule has 4 rings (SSSR count). The number of thiocarbonyl (C=S) groups is 1. The molecule has 0 aliphatic carbocycles. The number of piperidine rings is 1. The van der Waals surface area contributed by atoms with Gasteiger partial charge in [-0.3, -0.25) is 9.59 Å². The third kappa shape index (κ3) is 5.44. The summed E-state index contributed by atoms with van der Waals surface area (Å²) in [5.41, 5.74) is 0.964. The standard InChI is InChI=1S/C24H30N4O5S/c1-31-18-12-17(13-19(14-18)32-2)26-23(34)28-10-7-24(16-28)5-8-27(9-6-24)21(29)15-25-22(30)20-4-3-11-33-20/h3-4,11-14H,5-10,15-16H2,1-2H3,(H,25,30)(H,26,34). The molecule has 2 aromatic rings. The largest absolute Gasteiger partial charge is 0.497 e. The molecule has 2 saturated heterocycles.